The Bertz CT molecular complexity index is 653. The lowest BCUT2D eigenvalue weighted by Crippen LogP contribution is -2.29. The molecule has 0 radical (unpaired) electrons. The van der Waals surface area contributed by atoms with Crippen LogP contribution in [0.2, 0.25) is 0 Å². The van der Waals surface area contributed by atoms with Crippen molar-refractivity contribution in [2.45, 2.75) is 13.2 Å². The average molecular weight is 273 g/mol. The van der Waals surface area contributed by atoms with E-state index in [1.807, 2.05) is 0 Å². The van der Waals surface area contributed by atoms with Crippen molar-refractivity contribution in [1.82, 2.24) is 0 Å². The predicted molar refractivity (Wildman–Crippen MR) is 61.9 cm³/mol. The van der Waals surface area contributed by atoms with Crippen molar-refractivity contribution in [3.05, 3.63) is 35.4 Å². The van der Waals surface area contributed by atoms with Gasteiger partial charge in [0.25, 0.3) is 0 Å². The molecule has 0 saturated carbocycles. The van der Waals surface area contributed by atoms with Crippen LogP contribution in [0.3, 0.4) is 0 Å². The molecule has 102 valence electrons. The Morgan fingerprint density at radius 2 is 1.84 bits per heavy atom. The van der Waals surface area contributed by atoms with Crippen LogP contribution in [-0.4, -0.2) is 16.4 Å². The minimum absolute atomic E-state index is 0.00164. The van der Waals surface area contributed by atoms with E-state index in [1.54, 1.807) is 0 Å². The molecule has 0 atom stereocenters. The zero-order valence-electron chi connectivity index (χ0n) is 9.75. The summed E-state index contributed by atoms with van der Waals surface area (Å²) in [5.41, 5.74) is 6.22. The van der Waals surface area contributed by atoms with Gasteiger partial charge in [0.05, 0.1) is 0 Å². The maximum Gasteiger partial charge on any atom is 0.492 e. The number of nitrogen functional groups attached to an aromatic ring is 1. The molecular weight excluding hydrogens is 263 g/mol. The summed E-state index contributed by atoms with van der Waals surface area (Å²) >= 11 is 0. The molecule has 4 nitrogen and oxygen atoms in total. The molecule has 0 fully saturated rings. The molecule has 0 amide bonds. The number of nitrogens with two attached hydrogens (primary N) is 1. The Morgan fingerprint density at radius 3 is 2.42 bits per heavy atom. The Kier molecular flexibility index (Phi) is 3.03. The van der Waals surface area contributed by atoms with Gasteiger partial charge in [0.15, 0.2) is 11.6 Å². The fourth-order valence-corrected chi connectivity index (χ4v) is 1.91. The standard InChI is InChI=1S/C12H10F3NO3/c1-5-2-7(16)3-6-4-8(13)10(14)11(9(5)6)19-12(15,17)18/h2-4,17-18H,16H2,1H3. The molecule has 0 spiro atoms. The lowest BCUT2D eigenvalue weighted by molar-refractivity contribution is -0.375. The molecule has 2 aromatic carbocycles. The molecule has 7 heteroatoms. The fraction of sp³-hybridized carbons (Fsp3) is 0.167. The van der Waals surface area contributed by atoms with Crippen molar-refractivity contribution in [3.63, 3.8) is 0 Å². The number of anilines is 1. The van der Waals surface area contributed by atoms with Gasteiger partial charge in [-0.2, -0.15) is 4.39 Å². The summed E-state index contributed by atoms with van der Waals surface area (Å²) in [5, 5.41) is 17.2. The molecule has 4 N–H and O–H groups in total. The van der Waals surface area contributed by atoms with Crippen LogP contribution >= 0.6 is 0 Å². The van der Waals surface area contributed by atoms with E-state index in [9.17, 15) is 13.2 Å². The monoisotopic (exact) mass is 273 g/mol. The first-order valence-electron chi connectivity index (χ1n) is 5.19. The highest BCUT2D eigenvalue weighted by atomic mass is 19.2. The van der Waals surface area contributed by atoms with Crippen LogP contribution in [0, 0.1) is 18.6 Å². The minimum Gasteiger partial charge on any atom is -0.409 e. The summed E-state index contributed by atoms with van der Waals surface area (Å²) in [5.74, 6) is -3.78. The van der Waals surface area contributed by atoms with Gasteiger partial charge < -0.3 is 20.7 Å². The van der Waals surface area contributed by atoms with E-state index in [-0.39, 0.29) is 10.8 Å². The van der Waals surface area contributed by atoms with E-state index < -0.39 is 23.6 Å². The zero-order valence-corrected chi connectivity index (χ0v) is 9.75. The molecule has 19 heavy (non-hydrogen) atoms. The number of alkyl halides is 1. The number of aryl methyl sites for hydroxylation is 1. The molecular formula is C12H10F3NO3. The second kappa shape index (κ2) is 4.29. The Balaban J connectivity index is 2.82. The number of hydrogen-bond acceptors (Lipinski definition) is 4. The van der Waals surface area contributed by atoms with Crippen molar-refractivity contribution < 1.29 is 28.1 Å². The van der Waals surface area contributed by atoms with Crippen molar-refractivity contribution in [3.8, 4) is 5.75 Å². The van der Waals surface area contributed by atoms with Crippen LogP contribution in [0.1, 0.15) is 5.56 Å². The Labute approximate surface area is 105 Å². The van der Waals surface area contributed by atoms with E-state index in [0.29, 0.717) is 11.3 Å². The van der Waals surface area contributed by atoms with E-state index in [1.165, 1.54) is 19.1 Å². The third kappa shape index (κ3) is 2.56. The lowest BCUT2D eigenvalue weighted by atomic mass is 10.0. The number of rotatable bonds is 2. The van der Waals surface area contributed by atoms with Crippen LogP contribution in [-0.2, 0) is 0 Å². The summed E-state index contributed by atoms with van der Waals surface area (Å²) < 4.78 is 43.7. The van der Waals surface area contributed by atoms with Gasteiger partial charge in [0.1, 0.15) is 0 Å². The first kappa shape index (κ1) is 13.4. The van der Waals surface area contributed by atoms with Gasteiger partial charge in [-0.15, -0.1) is 4.39 Å². The molecule has 0 unspecified atom stereocenters. The number of benzene rings is 2. The minimum atomic E-state index is -4.12. The summed E-state index contributed by atoms with van der Waals surface area (Å²) in [4.78, 5) is 0. The topological polar surface area (TPSA) is 75.7 Å². The quantitative estimate of drug-likeness (QED) is 0.577. The molecule has 0 aliphatic heterocycles. The zero-order chi connectivity index (χ0) is 14.4. The number of hydrogen-bond donors (Lipinski definition) is 3. The second-order valence-electron chi connectivity index (χ2n) is 4.07. The number of halogens is 3. The van der Waals surface area contributed by atoms with Gasteiger partial charge in [-0.05, 0) is 36.1 Å². The number of fused-ring (bicyclic) bond motifs is 1. The van der Waals surface area contributed by atoms with Crippen molar-refractivity contribution >= 4 is 16.5 Å². The van der Waals surface area contributed by atoms with Gasteiger partial charge in [0, 0.05) is 11.1 Å². The molecule has 0 aromatic heterocycles. The van der Waals surface area contributed by atoms with E-state index in [2.05, 4.69) is 4.74 Å². The van der Waals surface area contributed by atoms with E-state index >= 15 is 0 Å². The van der Waals surface area contributed by atoms with Crippen LogP contribution in [0.5, 0.6) is 5.75 Å². The van der Waals surface area contributed by atoms with Gasteiger partial charge in [-0.1, -0.05) is 0 Å². The van der Waals surface area contributed by atoms with E-state index in [4.69, 9.17) is 15.9 Å². The van der Waals surface area contributed by atoms with Gasteiger partial charge >= 0.3 is 6.23 Å². The molecule has 0 saturated heterocycles. The molecule has 0 aliphatic rings. The largest absolute Gasteiger partial charge is 0.492 e. The highest BCUT2D eigenvalue weighted by Crippen LogP contribution is 2.36. The first-order chi connectivity index (χ1) is 8.69. The molecule has 0 heterocycles. The Hall–Kier alpha value is -1.99. The molecule has 0 bridgehead atoms. The van der Waals surface area contributed by atoms with Gasteiger partial charge in [-0.25, -0.2) is 4.39 Å². The SMILES string of the molecule is Cc1cc(N)cc2cc(F)c(F)c(OC(O)(O)F)c12. The van der Waals surface area contributed by atoms with Crippen LogP contribution in [0.15, 0.2) is 18.2 Å². The highest BCUT2D eigenvalue weighted by molar-refractivity contribution is 5.93. The lowest BCUT2D eigenvalue weighted by Gasteiger charge is -2.17. The normalized spacial score (nSPS) is 11.9. The maximum absolute atomic E-state index is 13.6. The van der Waals surface area contributed by atoms with Gasteiger partial charge in [-0.3, -0.25) is 0 Å². The Morgan fingerprint density at radius 1 is 1.21 bits per heavy atom. The summed E-state index contributed by atoms with van der Waals surface area (Å²) in [7, 11) is 0. The highest BCUT2D eigenvalue weighted by Gasteiger charge is 2.29. The van der Waals surface area contributed by atoms with Crippen molar-refractivity contribution in [2.75, 3.05) is 5.73 Å². The number of aliphatic hydroxyl groups is 2. The van der Waals surface area contributed by atoms with Crippen LogP contribution in [0.4, 0.5) is 18.9 Å². The van der Waals surface area contributed by atoms with Crippen molar-refractivity contribution in [1.29, 1.82) is 0 Å². The smallest absolute Gasteiger partial charge is 0.409 e. The average Bonchev–Trinajstić information content (AvgIpc) is 2.22. The van der Waals surface area contributed by atoms with Crippen molar-refractivity contribution in [2.24, 2.45) is 0 Å². The third-order valence-electron chi connectivity index (χ3n) is 2.54. The summed E-state index contributed by atoms with van der Waals surface area (Å²) in [6.07, 6.45) is -4.12. The first-order valence-corrected chi connectivity index (χ1v) is 5.19. The second-order valence-corrected chi connectivity index (χ2v) is 4.07. The van der Waals surface area contributed by atoms with Crippen LogP contribution in [0.25, 0.3) is 10.8 Å². The molecule has 2 aromatic rings. The number of ether oxygens (including phenoxy) is 1. The molecule has 2 rings (SSSR count). The van der Waals surface area contributed by atoms with Crippen LogP contribution < -0.4 is 10.5 Å². The summed E-state index contributed by atoms with van der Waals surface area (Å²) in [6, 6.07) is 3.61. The predicted octanol–water partition coefficient (Wildman–Crippen LogP) is 1.95. The summed E-state index contributed by atoms with van der Waals surface area (Å²) in [6.45, 7) is 1.51. The fourth-order valence-electron chi connectivity index (χ4n) is 1.91. The van der Waals surface area contributed by atoms with E-state index in [0.717, 1.165) is 6.07 Å². The third-order valence-corrected chi connectivity index (χ3v) is 2.54. The maximum atomic E-state index is 13.6. The molecule has 0 aliphatic carbocycles. The van der Waals surface area contributed by atoms with Gasteiger partial charge in [0.2, 0.25) is 5.82 Å².